The molecule has 0 amide bonds. The standard InChI is InChI=1S/C15H27NO/c1-15(2,17-3)9-16-14-8-10-7-13(14)12-6-4-5-11(10)12/h10-14,16H,4-9H2,1-3H3. The van der Waals surface area contributed by atoms with Gasteiger partial charge < -0.3 is 10.1 Å². The van der Waals surface area contributed by atoms with Crippen LogP contribution in [0.2, 0.25) is 0 Å². The van der Waals surface area contributed by atoms with Crippen LogP contribution in [0.5, 0.6) is 0 Å². The monoisotopic (exact) mass is 237 g/mol. The largest absolute Gasteiger partial charge is 0.377 e. The summed E-state index contributed by atoms with van der Waals surface area (Å²) < 4.78 is 5.50. The molecule has 98 valence electrons. The SMILES string of the molecule is COC(C)(C)CNC1CC2CC1C1CCCC21. The maximum Gasteiger partial charge on any atom is 0.0746 e. The molecule has 0 saturated heterocycles. The van der Waals surface area contributed by atoms with Crippen molar-refractivity contribution in [2.45, 2.75) is 57.6 Å². The fourth-order valence-electron chi connectivity index (χ4n) is 4.75. The molecule has 3 aliphatic rings. The van der Waals surface area contributed by atoms with E-state index in [-0.39, 0.29) is 5.60 Å². The van der Waals surface area contributed by atoms with Gasteiger partial charge in [0.15, 0.2) is 0 Å². The highest BCUT2D eigenvalue weighted by atomic mass is 16.5. The molecule has 5 atom stereocenters. The van der Waals surface area contributed by atoms with Gasteiger partial charge in [-0.3, -0.25) is 0 Å². The van der Waals surface area contributed by atoms with Gasteiger partial charge in [0.1, 0.15) is 0 Å². The lowest BCUT2D eigenvalue weighted by Gasteiger charge is -2.34. The Balaban J connectivity index is 1.57. The van der Waals surface area contributed by atoms with Crippen LogP contribution in [-0.2, 0) is 4.74 Å². The molecule has 0 heterocycles. The first-order chi connectivity index (χ1) is 8.11. The van der Waals surface area contributed by atoms with E-state index in [1.807, 2.05) is 7.11 Å². The van der Waals surface area contributed by atoms with Gasteiger partial charge in [0.05, 0.1) is 5.60 Å². The summed E-state index contributed by atoms with van der Waals surface area (Å²) in [6, 6.07) is 0.786. The lowest BCUT2D eigenvalue weighted by atomic mass is 9.79. The summed E-state index contributed by atoms with van der Waals surface area (Å²) in [7, 11) is 1.81. The average Bonchev–Trinajstić information content (AvgIpc) is 2.98. The van der Waals surface area contributed by atoms with Crippen LogP contribution >= 0.6 is 0 Å². The van der Waals surface area contributed by atoms with E-state index in [0.717, 1.165) is 36.3 Å². The zero-order valence-corrected chi connectivity index (χ0v) is 11.5. The Morgan fingerprint density at radius 3 is 2.65 bits per heavy atom. The Morgan fingerprint density at radius 1 is 1.12 bits per heavy atom. The van der Waals surface area contributed by atoms with Crippen LogP contribution < -0.4 is 5.32 Å². The summed E-state index contributed by atoms with van der Waals surface area (Å²) in [5.41, 5.74) is -0.0170. The van der Waals surface area contributed by atoms with E-state index in [2.05, 4.69) is 19.2 Å². The van der Waals surface area contributed by atoms with Crippen molar-refractivity contribution in [2.75, 3.05) is 13.7 Å². The van der Waals surface area contributed by atoms with Gasteiger partial charge in [0.25, 0.3) is 0 Å². The molecule has 0 spiro atoms. The minimum atomic E-state index is -0.0170. The predicted molar refractivity (Wildman–Crippen MR) is 69.9 cm³/mol. The van der Waals surface area contributed by atoms with E-state index in [9.17, 15) is 0 Å². The lowest BCUT2D eigenvalue weighted by Crippen LogP contribution is -2.46. The number of hydrogen-bond donors (Lipinski definition) is 1. The van der Waals surface area contributed by atoms with Gasteiger partial charge in [-0.2, -0.15) is 0 Å². The number of ether oxygens (including phenoxy) is 1. The Hall–Kier alpha value is -0.0800. The van der Waals surface area contributed by atoms with Crippen molar-refractivity contribution in [3.8, 4) is 0 Å². The van der Waals surface area contributed by atoms with Gasteiger partial charge in [0, 0.05) is 19.7 Å². The molecule has 0 aromatic rings. The number of rotatable bonds is 4. The first-order valence-corrected chi connectivity index (χ1v) is 7.39. The van der Waals surface area contributed by atoms with Crippen molar-refractivity contribution in [2.24, 2.45) is 23.7 Å². The molecular formula is C15H27NO. The molecule has 3 aliphatic carbocycles. The van der Waals surface area contributed by atoms with Crippen LogP contribution in [0.3, 0.4) is 0 Å². The molecule has 5 unspecified atom stereocenters. The molecule has 0 aromatic heterocycles. The van der Waals surface area contributed by atoms with Crippen LogP contribution in [0.15, 0.2) is 0 Å². The van der Waals surface area contributed by atoms with E-state index in [0.29, 0.717) is 0 Å². The topological polar surface area (TPSA) is 21.3 Å². The van der Waals surface area contributed by atoms with E-state index in [1.54, 1.807) is 0 Å². The number of hydrogen-bond acceptors (Lipinski definition) is 2. The third-order valence-electron chi connectivity index (χ3n) is 5.77. The van der Waals surface area contributed by atoms with Crippen molar-refractivity contribution in [3.05, 3.63) is 0 Å². The normalized spacial score (nSPS) is 44.3. The molecule has 0 aliphatic heterocycles. The van der Waals surface area contributed by atoms with Crippen molar-refractivity contribution in [1.29, 1.82) is 0 Å². The molecule has 2 nitrogen and oxygen atoms in total. The maximum absolute atomic E-state index is 5.50. The van der Waals surface area contributed by atoms with Gasteiger partial charge in [-0.1, -0.05) is 6.42 Å². The van der Waals surface area contributed by atoms with E-state index < -0.39 is 0 Å². The van der Waals surface area contributed by atoms with E-state index >= 15 is 0 Å². The van der Waals surface area contributed by atoms with Crippen molar-refractivity contribution in [3.63, 3.8) is 0 Å². The maximum atomic E-state index is 5.50. The van der Waals surface area contributed by atoms with Gasteiger partial charge in [0.2, 0.25) is 0 Å². The molecule has 3 fully saturated rings. The van der Waals surface area contributed by atoms with Crippen molar-refractivity contribution >= 4 is 0 Å². The number of nitrogens with one attached hydrogen (secondary N) is 1. The zero-order valence-electron chi connectivity index (χ0n) is 11.5. The first-order valence-electron chi connectivity index (χ1n) is 7.39. The summed E-state index contributed by atoms with van der Waals surface area (Å²) in [4.78, 5) is 0. The van der Waals surface area contributed by atoms with Gasteiger partial charge >= 0.3 is 0 Å². The third kappa shape index (κ3) is 2.04. The summed E-state index contributed by atoms with van der Waals surface area (Å²) >= 11 is 0. The van der Waals surface area contributed by atoms with Crippen LogP contribution in [0.25, 0.3) is 0 Å². The summed E-state index contributed by atoms with van der Waals surface area (Å²) in [6.45, 7) is 5.34. The fraction of sp³-hybridized carbons (Fsp3) is 1.00. The highest BCUT2D eigenvalue weighted by Crippen LogP contribution is 2.58. The third-order valence-corrected chi connectivity index (χ3v) is 5.77. The Bertz CT molecular complexity index is 289. The molecule has 17 heavy (non-hydrogen) atoms. The second-order valence-corrected chi connectivity index (χ2v) is 7.11. The fourth-order valence-corrected chi connectivity index (χ4v) is 4.75. The van der Waals surface area contributed by atoms with Crippen molar-refractivity contribution in [1.82, 2.24) is 5.32 Å². The quantitative estimate of drug-likeness (QED) is 0.812. The van der Waals surface area contributed by atoms with E-state index in [4.69, 9.17) is 4.74 Å². The second kappa shape index (κ2) is 4.24. The molecule has 3 rings (SSSR count). The van der Waals surface area contributed by atoms with Crippen LogP contribution in [0.4, 0.5) is 0 Å². The smallest absolute Gasteiger partial charge is 0.0746 e. The molecular weight excluding hydrogens is 210 g/mol. The average molecular weight is 237 g/mol. The van der Waals surface area contributed by atoms with E-state index in [1.165, 1.54) is 32.1 Å². The van der Waals surface area contributed by atoms with Crippen LogP contribution in [0, 0.1) is 23.7 Å². The summed E-state index contributed by atoms with van der Waals surface area (Å²) in [5.74, 6) is 4.21. The second-order valence-electron chi connectivity index (χ2n) is 7.11. The highest BCUT2D eigenvalue weighted by molar-refractivity contribution is 5.05. The van der Waals surface area contributed by atoms with Gasteiger partial charge in [-0.15, -0.1) is 0 Å². The molecule has 2 bridgehead atoms. The molecule has 0 radical (unpaired) electrons. The minimum absolute atomic E-state index is 0.0170. The summed E-state index contributed by atoms with van der Waals surface area (Å²) in [5, 5.41) is 3.79. The summed E-state index contributed by atoms with van der Waals surface area (Å²) in [6.07, 6.45) is 7.49. The Kier molecular flexibility index (Phi) is 2.99. The predicted octanol–water partition coefficient (Wildman–Crippen LogP) is 2.83. The molecule has 1 N–H and O–H groups in total. The van der Waals surface area contributed by atoms with Gasteiger partial charge in [-0.25, -0.2) is 0 Å². The first kappa shape index (κ1) is 12.0. The minimum Gasteiger partial charge on any atom is -0.377 e. The Morgan fingerprint density at radius 2 is 1.88 bits per heavy atom. The van der Waals surface area contributed by atoms with Crippen LogP contribution in [-0.4, -0.2) is 25.3 Å². The molecule has 0 aromatic carbocycles. The zero-order chi connectivity index (χ0) is 12.0. The Labute approximate surface area is 105 Å². The van der Waals surface area contributed by atoms with Gasteiger partial charge in [-0.05, 0) is 63.2 Å². The number of fused-ring (bicyclic) bond motifs is 5. The highest BCUT2D eigenvalue weighted by Gasteiger charge is 2.53. The lowest BCUT2D eigenvalue weighted by molar-refractivity contribution is 0.0178. The van der Waals surface area contributed by atoms with Crippen molar-refractivity contribution < 1.29 is 4.74 Å². The molecule has 3 saturated carbocycles. The molecule has 2 heteroatoms. The van der Waals surface area contributed by atoms with Crippen LogP contribution in [0.1, 0.15) is 46.0 Å². The number of methoxy groups -OCH3 is 1.